The topological polar surface area (TPSA) is 170 Å². The zero-order valence-electron chi connectivity index (χ0n) is 13.7. The van der Waals surface area contributed by atoms with Crippen LogP contribution in [0, 0.1) is 0 Å². The van der Waals surface area contributed by atoms with Gasteiger partial charge in [0.1, 0.15) is 0 Å². The van der Waals surface area contributed by atoms with E-state index in [4.69, 9.17) is 5.11 Å². The summed E-state index contributed by atoms with van der Waals surface area (Å²) in [5.41, 5.74) is -3.82. The van der Waals surface area contributed by atoms with Crippen molar-refractivity contribution in [1.82, 2.24) is 0 Å². The van der Waals surface area contributed by atoms with Crippen molar-refractivity contribution in [3.05, 3.63) is 71.8 Å². The number of carbonyl (C=O) groups is 4. The lowest BCUT2D eigenvalue weighted by atomic mass is 9.87. The van der Waals surface area contributed by atoms with Crippen LogP contribution < -0.4 is 0 Å². The second-order valence-electron chi connectivity index (χ2n) is 5.25. The normalized spacial score (nSPS) is 13.4. The van der Waals surface area contributed by atoms with E-state index >= 15 is 0 Å². The Morgan fingerprint density at radius 3 is 1.74 bits per heavy atom. The van der Waals surface area contributed by atoms with Gasteiger partial charge in [0, 0.05) is 5.56 Å². The molecule has 0 saturated carbocycles. The van der Waals surface area contributed by atoms with Crippen LogP contribution >= 0.6 is 0 Å². The second-order valence-corrected chi connectivity index (χ2v) is 5.25. The van der Waals surface area contributed by atoms with Gasteiger partial charge >= 0.3 is 17.9 Å². The number of esters is 2. The van der Waals surface area contributed by atoms with E-state index in [2.05, 4.69) is 4.74 Å². The van der Waals surface area contributed by atoms with Crippen molar-refractivity contribution >= 4 is 23.7 Å². The minimum Gasteiger partial charge on any atom is -0.479 e. The van der Waals surface area contributed by atoms with Gasteiger partial charge in [-0.3, -0.25) is 4.79 Å². The Morgan fingerprint density at radius 2 is 1.30 bits per heavy atom. The molecule has 9 heteroatoms. The third kappa shape index (κ3) is 4.42. The molecule has 0 heterocycles. The van der Waals surface area contributed by atoms with Gasteiger partial charge in [-0.2, -0.15) is 0 Å². The number of aliphatic carboxylic acids is 1. The molecule has 5 N–H and O–H groups in total. The number of benzene rings is 2. The van der Waals surface area contributed by atoms with Crippen molar-refractivity contribution in [3.63, 3.8) is 0 Å². The standard InChI is InChI=1S/C18H14O8.H2O/c19-13(11-7-3-1-4-8-11)18(25,14(20)15(21)22)17(24)26-16(23)12-9-5-2-6-10-12;/h1-10,14,20,25H,(H,21,22);1H2. The number of carboxylic acid groups (broad SMARTS) is 1. The van der Waals surface area contributed by atoms with Crippen LogP contribution in [0.3, 0.4) is 0 Å². The fourth-order valence-corrected chi connectivity index (χ4v) is 2.11. The predicted octanol–water partition coefficient (Wildman–Crippen LogP) is -0.395. The SMILES string of the molecule is O.O=C(OC(=O)C(O)(C(=O)c1ccccc1)C(O)C(=O)O)c1ccccc1. The highest BCUT2D eigenvalue weighted by Crippen LogP contribution is 2.21. The van der Waals surface area contributed by atoms with E-state index in [0.717, 1.165) is 0 Å². The minimum atomic E-state index is -3.50. The number of hydrogen-bond acceptors (Lipinski definition) is 7. The molecule has 142 valence electrons. The van der Waals surface area contributed by atoms with Crippen LogP contribution in [-0.4, -0.2) is 56.2 Å². The first-order chi connectivity index (χ1) is 12.3. The number of carbonyl (C=O) groups excluding carboxylic acids is 3. The number of hydrogen-bond donors (Lipinski definition) is 3. The van der Waals surface area contributed by atoms with Gasteiger partial charge in [-0.25, -0.2) is 14.4 Å². The third-order valence-electron chi connectivity index (χ3n) is 3.52. The summed E-state index contributed by atoms with van der Waals surface area (Å²) in [5.74, 6) is -6.57. The molecule has 0 radical (unpaired) electrons. The van der Waals surface area contributed by atoms with Gasteiger partial charge < -0.3 is 25.5 Å². The monoisotopic (exact) mass is 376 g/mol. The summed E-state index contributed by atoms with van der Waals surface area (Å²) in [5, 5.41) is 29.1. The maximum atomic E-state index is 12.5. The molecular weight excluding hydrogens is 360 g/mol. The highest BCUT2D eigenvalue weighted by molar-refractivity contribution is 6.19. The fourth-order valence-electron chi connectivity index (χ4n) is 2.11. The van der Waals surface area contributed by atoms with E-state index in [0.29, 0.717) is 0 Å². The largest absolute Gasteiger partial charge is 0.479 e. The molecular formula is C18H16O9. The lowest BCUT2D eigenvalue weighted by molar-refractivity contribution is -0.175. The molecule has 0 saturated heterocycles. The van der Waals surface area contributed by atoms with Crippen molar-refractivity contribution < 1.29 is 44.7 Å². The summed E-state index contributed by atoms with van der Waals surface area (Å²) in [6, 6.07) is 13.9. The van der Waals surface area contributed by atoms with Gasteiger partial charge in [-0.05, 0) is 12.1 Å². The molecule has 2 atom stereocenters. The van der Waals surface area contributed by atoms with Crippen LogP contribution in [-0.2, 0) is 14.3 Å². The molecule has 2 unspecified atom stereocenters. The number of carboxylic acids is 1. The smallest absolute Gasteiger partial charge is 0.357 e. The van der Waals surface area contributed by atoms with Gasteiger partial charge in [0.2, 0.25) is 5.78 Å². The molecule has 0 aliphatic heterocycles. The van der Waals surface area contributed by atoms with Crippen LogP contribution in [0.4, 0.5) is 0 Å². The molecule has 9 nitrogen and oxygen atoms in total. The zero-order valence-corrected chi connectivity index (χ0v) is 13.7. The van der Waals surface area contributed by atoms with Crippen molar-refractivity contribution in [2.75, 3.05) is 0 Å². The summed E-state index contributed by atoms with van der Waals surface area (Å²) >= 11 is 0. The second kappa shape index (κ2) is 8.81. The summed E-state index contributed by atoms with van der Waals surface area (Å²) in [6.07, 6.45) is -2.84. The van der Waals surface area contributed by atoms with E-state index < -0.39 is 35.4 Å². The Kier molecular flexibility index (Phi) is 7.06. The molecule has 0 fully saturated rings. The Bertz CT molecular complexity index is 832. The average Bonchev–Trinajstić information content (AvgIpc) is 2.67. The highest BCUT2D eigenvalue weighted by atomic mass is 16.6. The third-order valence-corrected chi connectivity index (χ3v) is 3.52. The first-order valence-electron chi connectivity index (χ1n) is 7.33. The predicted molar refractivity (Wildman–Crippen MR) is 89.8 cm³/mol. The van der Waals surface area contributed by atoms with Gasteiger partial charge in [0.25, 0.3) is 5.60 Å². The van der Waals surface area contributed by atoms with Crippen LogP contribution in [0.15, 0.2) is 60.7 Å². The molecule has 2 aromatic rings. The van der Waals surface area contributed by atoms with Crippen molar-refractivity contribution in [2.45, 2.75) is 11.7 Å². The fraction of sp³-hybridized carbons (Fsp3) is 0.111. The number of ether oxygens (including phenoxy) is 1. The molecule has 0 aliphatic rings. The molecule has 0 aromatic heterocycles. The number of aliphatic hydroxyl groups is 2. The van der Waals surface area contributed by atoms with Crippen molar-refractivity contribution in [3.8, 4) is 0 Å². The number of ketones is 1. The maximum Gasteiger partial charge on any atom is 0.357 e. The Labute approximate surface area is 152 Å². The lowest BCUT2D eigenvalue weighted by Crippen LogP contribution is -2.59. The molecule has 0 aliphatic carbocycles. The molecule has 2 aromatic carbocycles. The maximum absolute atomic E-state index is 12.5. The summed E-state index contributed by atoms with van der Waals surface area (Å²) in [7, 11) is 0. The molecule has 0 spiro atoms. The van der Waals surface area contributed by atoms with Gasteiger partial charge in [0.05, 0.1) is 5.56 Å². The highest BCUT2D eigenvalue weighted by Gasteiger charge is 2.56. The van der Waals surface area contributed by atoms with E-state index in [1.807, 2.05) is 0 Å². The van der Waals surface area contributed by atoms with Crippen LogP contribution in [0.2, 0.25) is 0 Å². The Balaban J connectivity index is 0.00000364. The quantitative estimate of drug-likeness (QED) is 0.347. The summed E-state index contributed by atoms with van der Waals surface area (Å²) < 4.78 is 4.44. The number of aliphatic hydroxyl groups excluding tert-OH is 1. The van der Waals surface area contributed by atoms with Crippen LogP contribution in [0.1, 0.15) is 20.7 Å². The number of Topliss-reactive ketones (excluding diaryl/α,β-unsaturated/α-hetero) is 1. The Hall–Kier alpha value is -3.40. The molecule has 2 rings (SSSR count). The van der Waals surface area contributed by atoms with E-state index in [1.54, 1.807) is 12.1 Å². The summed E-state index contributed by atoms with van der Waals surface area (Å²) in [4.78, 5) is 47.8. The van der Waals surface area contributed by atoms with Crippen molar-refractivity contribution in [2.24, 2.45) is 0 Å². The lowest BCUT2D eigenvalue weighted by Gasteiger charge is -2.26. The Morgan fingerprint density at radius 1 is 0.852 bits per heavy atom. The molecule has 27 heavy (non-hydrogen) atoms. The van der Waals surface area contributed by atoms with Crippen LogP contribution in [0.5, 0.6) is 0 Å². The molecule has 0 amide bonds. The van der Waals surface area contributed by atoms with Gasteiger partial charge in [0.15, 0.2) is 6.10 Å². The van der Waals surface area contributed by atoms with E-state index in [1.165, 1.54) is 48.5 Å². The zero-order chi connectivity index (χ0) is 19.3. The van der Waals surface area contributed by atoms with Crippen LogP contribution in [0.25, 0.3) is 0 Å². The van der Waals surface area contributed by atoms with E-state index in [-0.39, 0.29) is 16.6 Å². The number of rotatable bonds is 6. The van der Waals surface area contributed by atoms with Gasteiger partial charge in [-0.1, -0.05) is 48.5 Å². The minimum absolute atomic E-state index is 0. The first kappa shape index (κ1) is 21.6. The molecule has 0 bridgehead atoms. The first-order valence-corrected chi connectivity index (χ1v) is 7.33. The van der Waals surface area contributed by atoms with E-state index in [9.17, 15) is 29.4 Å². The average molecular weight is 376 g/mol. The van der Waals surface area contributed by atoms with Gasteiger partial charge in [-0.15, -0.1) is 0 Å². The summed E-state index contributed by atoms with van der Waals surface area (Å²) in [6.45, 7) is 0. The van der Waals surface area contributed by atoms with Crippen molar-refractivity contribution in [1.29, 1.82) is 0 Å².